The molecule has 140 valence electrons. The lowest BCUT2D eigenvalue weighted by Crippen LogP contribution is -2.06. The van der Waals surface area contributed by atoms with Crippen molar-refractivity contribution in [2.24, 2.45) is 4.36 Å². The molecule has 1 amide bonds. The van der Waals surface area contributed by atoms with Crippen LogP contribution in [-0.4, -0.2) is 21.5 Å². The molecule has 0 saturated carbocycles. The minimum atomic E-state index is -3.07. The van der Waals surface area contributed by atoms with E-state index in [0.717, 1.165) is 0 Å². The molecule has 1 atom stereocenters. The first-order valence-electron chi connectivity index (χ1n) is 7.63. The van der Waals surface area contributed by atoms with Gasteiger partial charge in [0.25, 0.3) is 5.91 Å². The molecule has 9 heteroatoms. The lowest BCUT2D eigenvalue weighted by Gasteiger charge is -2.06. The number of carbonyl (C=O) groups excluding carboxylic acids is 1. The highest BCUT2D eigenvalue weighted by Crippen LogP contribution is 2.34. The van der Waals surface area contributed by atoms with Gasteiger partial charge in [0.15, 0.2) is 0 Å². The summed E-state index contributed by atoms with van der Waals surface area (Å²) in [5, 5.41) is 4.28. The molecule has 0 radical (unpaired) electrons. The van der Waals surface area contributed by atoms with Gasteiger partial charge in [-0.05, 0) is 43.3 Å². The summed E-state index contributed by atoms with van der Waals surface area (Å²) in [6, 6.07) is 10.2. The van der Waals surface area contributed by atoms with Gasteiger partial charge in [0, 0.05) is 16.2 Å². The highest BCUT2D eigenvalue weighted by molar-refractivity contribution is 7.93. The van der Waals surface area contributed by atoms with E-state index >= 15 is 0 Å². The SMILES string of the molecule is Cc1onc(-c2c(F)cccc2Cl)c1C(=O)N=[S@](C)(=O)c1ccc(Cl)cc1. The van der Waals surface area contributed by atoms with Crippen LogP contribution in [0.1, 0.15) is 16.1 Å². The summed E-state index contributed by atoms with van der Waals surface area (Å²) >= 11 is 11.9. The second kappa shape index (κ2) is 7.42. The van der Waals surface area contributed by atoms with Crippen LogP contribution in [0.5, 0.6) is 0 Å². The number of amides is 1. The molecule has 0 aliphatic heterocycles. The summed E-state index contributed by atoms with van der Waals surface area (Å²) in [6.45, 7) is 1.48. The summed E-state index contributed by atoms with van der Waals surface area (Å²) in [5.41, 5.74) is -0.259. The number of aryl methyl sites for hydroxylation is 1. The number of carbonyl (C=O) groups is 1. The fourth-order valence-electron chi connectivity index (χ4n) is 2.46. The third-order valence-corrected chi connectivity index (χ3v) is 6.01. The lowest BCUT2D eigenvalue weighted by atomic mass is 10.1. The van der Waals surface area contributed by atoms with Crippen molar-refractivity contribution >= 4 is 38.8 Å². The molecule has 0 unspecified atom stereocenters. The first-order valence-corrected chi connectivity index (χ1v) is 10.3. The van der Waals surface area contributed by atoms with Gasteiger partial charge in [-0.15, -0.1) is 0 Å². The van der Waals surface area contributed by atoms with Gasteiger partial charge in [0.05, 0.1) is 20.3 Å². The molecule has 0 bridgehead atoms. The molecular formula is C18H13Cl2FN2O3S. The molecule has 0 aliphatic rings. The first kappa shape index (κ1) is 19.5. The maximum absolute atomic E-state index is 14.3. The average Bonchev–Trinajstić information content (AvgIpc) is 2.96. The van der Waals surface area contributed by atoms with E-state index in [4.69, 9.17) is 27.7 Å². The Morgan fingerprint density at radius 2 is 1.85 bits per heavy atom. The predicted molar refractivity (Wildman–Crippen MR) is 102 cm³/mol. The van der Waals surface area contributed by atoms with E-state index in [1.165, 1.54) is 43.5 Å². The van der Waals surface area contributed by atoms with Crippen LogP contribution in [0.4, 0.5) is 4.39 Å². The van der Waals surface area contributed by atoms with Crippen LogP contribution >= 0.6 is 23.2 Å². The Morgan fingerprint density at radius 1 is 1.19 bits per heavy atom. The number of aromatic nitrogens is 1. The summed E-state index contributed by atoms with van der Waals surface area (Å²) in [6.07, 6.45) is 1.33. The Labute approximate surface area is 165 Å². The smallest absolute Gasteiger partial charge is 0.291 e. The van der Waals surface area contributed by atoms with E-state index < -0.39 is 21.5 Å². The van der Waals surface area contributed by atoms with Gasteiger partial charge in [0.2, 0.25) is 0 Å². The topological polar surface area (TPSA) is 72.5 Å². The highest BCUT2D eigenvalue weighted by Gasteiger charge is 2.26. The van der Waals surface area contributed by atoms with Crippen molar-refractivity contribution in [1.29, 1.82) is 0 Å². The Bertz CT molecular complexity index is 1130. The van der Waals surface area contributed by atoms with Crippen LogP contribution in [0.15, 0.2) is 56.2 Å². The molecule has 1 aromatic heterocycles. The van der Waals surface area contributed by atoms with E-state index in [0.29, 0.717) is 9.92 Å². The van der Waals surface area contributed by atoms with E-state index in [1.807, 2.05) is 0 Å². The summed E-state index contributed by atoms with van der Waals surface area (Å²) < 4.78 is 36.1. The van der Waals surface area contributed by atoms with Crippen molar-refractivity contribution in [2.75, 3.05) is 6.26 Å². The van der Waals surface area contributed by atoms with Gasteiger partial charge in [0.1, 0.15) is 22.8 Å². The minimum absolute atomic E-state index is 0.0623. The standard InChI is InChI=1S/C18H13Cl2FN2O3S/c1-10-15(17(22-26-10)16-13(20)4-3-5-14(16)21)18(24)23-27(2,25)12-8-6-11(19)7-9-12/h3-9H,1-2H3/t27-/m1/s1. The van der Waals surface area contributed by atoms with Crippen molar-refractivity contribution in [3.05, 3.63) is 69.7 Å². The largest absolute Gasteiger partial charge is 0.360 e. The molecule has 0 aliphatic carbocycles. The maximum atomic E-state index is 14.3. The van der Waals surface area contributed by atoms with Crippen molar-refractivity contribution in [3.63, 3.8) is 0 Å². The predicted octanol–water partition coefficient (Wildman–Crippen LogP) is 5.39. The van der Waals surface area contributed by atoms with Gasteiger partial charge in [-0.2, -0.15) is 4.36 Å². The minimum Gasteiger partial charge on any atom is -0.360 e. The van der Waals surface area contributed by atoms with Crippen LogP contribution in [0, 0.1) is 12.7 Å². The number of hydrogen-bond acceptors (Lipinski definition) is 4. The van der Waals surface area contributed by atoms with E-state index in [1.54, 1.807) is 12.1 Å². The van der Waals surface area contributed by atoms with Crippen molar-refractivity contribution < 1.29 is 17.9 Å². The Hall–Kier alpha value is -2.22. The Kier molecular flexibility index (Phi) is 5.37. The van der Waals surface area contributed by atoms with Crippen LogP contribution < -0.4 is 0 Å². The van der Waals surface area contributed by atoms with Crippen LogP contribution in [0.25, 0.3) is 11.3 Å². The van der Waals surface area contributed by atoms with E-state index in [2.05, 4.69) is 9.52 Å². The molecule has 2 aromatic carbocycles. The number of nitrogens with zero attached hydrogens (tertiary/aromatic N) is 2. The molecule has 1 heterocycles. The Morgan fingerprint density at radius 3 is 2.48 bits per heavy atom. The molecular weight excluding hydrogens is 414 g/mol. The van der Waals surface area contributed by atoms with Gasteiger partial charge in [-0.1, -0.05) is 34.4 Å². The fraction of sp³-hybridized carbons (Fsp3) is 0.111. The molecule has 5 nitrogen and oxygen atoms in total. The third kappa shape index (κ3) is 3.90. The maximum Gasteiger partial charge on any atom is 0.291 e. The van der Waals surface area contributed by atoms with E-state index in [-0.39, 0.29) is 27.6 Å². The zero-order valence-electron chi connectivity index (χ0n) is 14.2. The summed E-state index contributed by atoms with van der Waals surface area (Å²) in [4.78, 5) is 13.1. The van der Waals surface area contributed by atoms with Crippen molar-refractivity contribution in [1.82, 2.24) is 5.16 Å². The quantitative estimate of drug-likeness (QED) is 0.562. The third-order valence-electron chi connectivity index (χ3n) is 3.78. The van der Waals surface area contributed by atoms with Crippen molar-refractivity contribution in [3.8, 4) is 11.3 Å². The molecule has 3 rings (SSSR count). The lowest BCUT2D eigenvalue weighted by molar-refractivity contribution is 0.100. The van der Waals surface area contributed by atoms with Gasteiger partial charge in [-0.25, -0.2) is 8.60 Å². The first-order chi connectivity index (χ1) is 12.7. The number of hydrogen-bond donors (Lipinski definition) is 0. The average molecular weight is 427 g/mol. The number of halogens is 3. The highest BCUT2D eigenvalue weighted by atomic mass is 35.5. The van der Waals surface area contributed by atoms with Gasteiger partial charge >= 0.3 is 0 Å². The van der Waals surface area contributed by atoms with Gasteiger partial charge < -0.3 is 4.52 Å². The van der Waals surface area contributed by atoms with E-state index in [9.17, 15) is 13.4 Å². The Balaban J connectivity index is 2.13. The van der Waals surface area contributed by atoms with Gasteiger partial charge in [-0.3, -0.25) is 4.79 Å². The molecule has 0 spiro atoms. The zero-order chi connectivity index (χ0) is 19.8. The fourth-order valence-corrected chi connectivity index (χ4v) is 4.00. The summed E-state index contributed by atoms with van der Waals surface area (Å²) in [7, 11) is -3.07. The van der Waals surface area contributed by atoms with Crippen LogP contribution in [0.2, 0.25) is 10.0 Å². The second-order valence-electron chi connectivity index (χ2n) is 5.71. The molecule has 0 saturated heterocycles. The van der Waals surface area contributed by atoms with Crippen molar-refractivity contribution in [2.45, 2.75) is 11.8 Å². The molecule has 0 N–H and O–H groups in total. The number of rotatable bonds is 3. The summed E-state index contributed by atoms with van der Waals surface area (Å²) in [5.74, 6) is -1.39. The second-order valence-corrected chi connectivity index (χ2v) is 8.81. The van der Waals surface area contributed by atoms with Crippen LogP contribution in [0.3, 0.4) is 0 Å². The monoisotopic (exact) mass is 426 g/mol. The normalized spacial score (nSPS) is 13.2. The molecule has 3 aromatic rings. The molecule has 0 fully saturated rings. The zero-order valence-corrected chi connectivity index (χ0v) is 16.5. The van der Waals surface area contributed by atoms with Crippen LogP contribution in [-0.2, 0) is 9.73 Å². The number of benzene rings is 2. The molecule has 27 heavy (non-hydrogen) atoms.